The van der Waals surface area contributed by atoms with Gasteiger partial charge in [0.25, 0.3) is 0 Å². The quantitative estimate of drug-likeness (QED) is 0.824. The fourth-order valence-corrected chi connectivity index (χ4v) is 2.94. The number of carboxylic acid groups (broad SMARTS) is 1. The second-order valence-corrected chi connectivity index (χ2v) is 6.45. The summed E-state index contributed by atoms with van der Waals surface area (Å²) in [4.78, 5) is 26.7. The maximum absolute atomic E-state index is 13.9. The minimum absolute atomic E-state index is 0.251. The van der Waals surface area contributed by atoms with Crippen molar-refractivity contribution < 1.29 is 19.1 Å². The number of carboxylic acids is 1. The van der Waals surface area contributed by atoms with Gasteiger partial charge in [0.2, 0.25) is 5.91 Å². The fourth-order valence-electron chi connectivity index (χ4n) is 2.64. The number of amides is 1. The predicted molar refractivity (Wildman–Crippen MR) is 85.0 cm³/mol. The number of hydrogen-bond acceptors (Lipinski definition) is 3. The molecule has 1 amide bonds. The Morgan fingerprint density at radius 1 is 1.35 bits per heavy atom. The maximum atomic E-state index is 13.9. The van der Waals surface area contributed by atoms with Crippen LogP contribution in [0.5, 0.6) is 0 Å². The minimum atomic E-state index is -1.06. The topological polar surface area (TPSA) is 60.9 Å². The van der Waals surface area contributed by atoms with Crippen LogP contribution in [0.3, 0.4) is 0 Å². The molecule has 5 nitrogen and oxygen atoms in total. The van der Waals surface area contributed by atoms with Crippen molar-refractivity contribution in [3.05, 3.63) is 34.6 Å². The molecule has 0 aliphatic heterocycles. The van der Waals surface area contributed by atoms with E-state index in [2.05, 4.69) is 0 Å². The highest BCUT2D eigenvalue weighted by atomic mass is 35.5. The third-order valence-electron chi connectivity index (χ3n) is 3.93. The molecule has 1 aliphatic carbocycles. The van der Waals surface area contributed by atoms with Crippen molar-refractivity contribution in [1.82, 2.24) is 9.80 Å². The Hall–Kier alpha value is -1.66. The van der Waals surface area contributed by atoms with E-state index in [1.54, 1.807) is 6.07 Å². The van der Waals surface area contributed by atoms with Gasteiger partial charge in [0.05, 0.1) is 0 Å². The van der Waals surface area contributed by atoms with E-state index < -0.39 is 17.7 Å². The molecule has 1 N–H and O–H groups in total. The third kappa shape index (κ3) is 4.42. The van der Waals surface area contributed by atoms with Crippen LogP contribution >= 0.6 is 11.6 Å². The Kier molecular flexibility index (Phi) is 5.59. The summed E-state index contributed by atoms with van der Waals surface area (Å²) in [5.41, 5.74) is 0.357. The highest BCUT2D eigenvalue weighted by Crippen LogP contribution is 2.51. The fraction of sp³-hybridized carbons (Fsp3) is 0.500. The molecule has 2 rings (SSSR count). The van der Waals surface area contributed by atoms with E-state index in [4.69, 9.17) is 16.7 Å². The zero-order valence-electron chi connectivity index (χ0n) is 13.1. The molecule has 1 fully saturated rings. The number of benzene rings is 1. The zero-order chi connectivity index (χ0) is 17.1. The number of halogens is 2. The molecule has 23 heavy (non-hydrogen) atoms. The number of rotatable bonds is 7. The van der Waals surface area contributed by atoms with Gasteiger partial charge in [-0.05, 0) is 32.6 Å². The lowest BCUT2D eigenvalue weighted by Gasteiger charge is -2.23. The predicted octanol–water partition coefficient (Wildman–Crippen LogP) is 2.06. The van der Waals surface area contributed by atoms with Crippen LogP contribution in [-0.2, 0) is 9.59 Å². The van der Waals surface area contributed by atoms with E-state index in [-0.39, 0.29) is 18.4 Å². The van der Waals surface area contributed by atoms with Crippen molar-refractivity contribution in [3.8, 4) is 0 Å². The summed E-state index contributed by atoms with van der Waals surface area (Å²) in [6.45, 7) is 0.546. The third-order valence-corrected chi connectivity index (χ3v) is 4.26. The summed E-state index contributed by atoms with van der Waals surface area (Å²) in [5, 5.41) is 9.29. The molecule has 0 unspecified atom stereocenters. The number of likely N-dealkylation sites (N-methyl/N-ethyl adjacent to an activating group) is 1. The van der Waals surface area contributed by atoms with Gasteiger partial charge in [-0.25, -0.2) is 4.39 Å². The first-order valence-corrected chi connectivity index (χ1v) is 7.78. The molecule has 0 radical (unpaired) electrons. The van der Waals surface area contributed by atoms with Crippen molar-refractivity contribution >= 4 is 23.5 Å². The van der Waals surface area contributed by atoms with E-state index in [1.807, 2.05) is 19.0 Å². The first-order valence-electron chi connectivity index (χ1n) is 7.40. The van der Waals surface area contributed by atoms with Crippen LogP contribution in [-0.4, -0.2) is 60.5 Å². The number of carbonyl (C=O) groups is 2. The smallest absolute Gasteiger partial charge is 0.323 e. The Labute approximate surface area is 139 Å². The van der Waals surface area contributed by atoms with Crippen LogP contribution in [0.4, 0.5) is 4.39 Å². The Balaban J connectivity index is 2.08. The van der Waals surface area contributed by atoms with Gasteiger partial charge in [-0.1, -0.05) is 17.7 Å². The van der Waals surface area contributed by atoms with E-state index >= 15 is 0 Å². The Bertz CT molecular complexity index is 589. The number of carbonyl (C=O) groups excluding carboxylic acids is 1. The van der Waals surface area contributed by atoms with Crippen molar-refractivity contribution in [2.24, 2.45) is 5.92 Å². The molecule has 0 saturated heterocycles. The Morgan fingerprint density at radius 2 is 2.04 bits per heavy atom. The normalized spacial score (nSPS) is 19.7. The lowest BCUT2D eigenvalue weighted by molar-refractivity contribution is -0.145. The summed E-state index contributed by atoms with van der Waals surface area (Å²) in [6.07, 6.45) is 0.498. The first kappa shape index (κ1) is 17.7. The average molecular weight is 343 g/mol. The second kappa shape index (κ2) is 7.27. The van der Waals surface area contributed by atoms with Crippen LogP contribution < -0.4 is 0 Å². The van der Waals surface area contributed by atoms with Crippen molar-refractivity contribution in [3.63, 3.8) is 0 Å². The standard InChI is InChI=1S/C16H20ClFN2O3/c1-19(2)6-7-20(9-14(21)22)16(23)11-8-10(11)15-12(17)4-3-5-13(15)18/h3-5,10-11H,6-9H2,1-2H3,(H,21,22)/t10-,11+/m1/s1. The zero-order valence-corrected chi connectivity index (χ0v) is 13.9. The summed E-state index contributed by atoms with van der Waals surface area (Å²) in [7, 11) is 3.70. The SMILES string of the molecule is CN(C)CCN(CC(=O)O)C(=O)[C@H]1C[C@H]1c1c(F)cccc1Cl. The molecule has 0 spiro atoms. The van der Waals surface area contributed by atoms with Gasteiger partial charge in [0.1, 0.15) is 12.4 Å². The van der Waals surface area contributed by atoms with Gasteiger partial charge in [0.15, 0.2) is 0 Å². The molecule has 1 aromatic rings. The number of nitrogens with zero attached hydrogens (tertiary/aromatic N) is 2. The average Bonchev–Trinajstić information content (AvgIpc) is 3.22. The summed E-state index contributed by atoms with van der Waals surface area (Å²) >= 11 is 6.04. The minimum Gasteiger partial charge on any atom is -0.480 e. The lowest BCUT2D eigenvalue weighted by atomic mass is 10.1. The molecule has 0 heterocycles. The molecule has 0 aromatic heterocycles. The van der Waals surface area contributed by atoms with Gasteiger partial charge in [-0.2, -0.15) is 0 Å². The Morgan fingerprint density at radius 3 is 2.61 bits per heavy atom. The van der Waals surface area contributed by atoms with Gasteiger partial charge in [-0.3, -0.25) is 9.59 Å². The monoisotopic (exact) mass is 342 g/mol. The number of aliphatic carboxylic acids is 1. The maximum Gasteiger partial charge on any atom is 0.323 e. The summed E-state index contributed by atoms with van der Waals surface area (Å²) in [6, 6.07) is 4.44. The number of hydrogen-bond donors (Lipinski definition) is 1. The largest absolute Gasteiger partial charge is 0.480 e. The molecule has 0 bridgehead atoms. The molecule has 126 valence electrons. The van der Waals surface area contributed by atoms with Crippen LogP contribution in [0.25, 0.3) is 0 Å². The van der Waals surface area contributed by atoms with E-state index in [0.717, 1.165) is 0 Å². The molecule has 1 aliphatic rings. The summed E-state index contributed by atoms with van der Waals surface area (Å²) in [5.74, 6) is -2.40. The van der Waals surface area contributed by atoms with E-state index in [9.17, 15) is 14.0 Å². The lowest BCUT2D eigenvalue weighted by Crippen LogP contribution is -2.41. The van der Waals surface area contributed by atoms with Gasteiger partial charge < -0.3 is 14.9 Å². The van der Waals surface area contributed by atoms with E-state index in [0.29, 0.717) is 30.1 Å². The van der Waals surface area contributed by atoms with Gasteiger partial charge >= 0.3 is 5.97 Å². The van der Waals surface area contributed by atoms with Crippen LogP contribution in [0.2, 0.25) is 5.02 Å². The molecule has 7 heteroatoms. The van der Waals surface area contributed by atoms with Crippen molar-refractivity contribution in [1.29, 1.82) is 0 Å². The molecular weight excluding hydrogens is 323 g/mol. The summed E-state index contributed by atoms with van der Waals surface area (Å²) < 4.78 is 13.9. The van der Waals surface area contributed by atoms with Crippen molar-refractivity contribution in [2.75, 3.05) is 33.7 Å². The van der Waals surface area contributed by atoms with Crippen LogP contribution in [0.15, 0.2) is 18.2 Å². The van der Waals surface area contributed by atoms with Crippen LogP contribution in [0, 0.1) is 11.7 Å². The van der Waals surface area contributed by atoms with Crippen molar-refractivity contribution in [2.45, 2.75) is 12.3 Å². The van der Waals surface area contributed by atoms with E-state index in [1.165, 1.54) is 17.0 Å². The molecule has 1 saturated carbocycles. The van der Waals surface area contributed by atoms with Gasteiger partial charge in [-0.15, -0.1) is 0 Å². The molecular formula is C16H20ClFN2O3. The van der Waals surface area contributed by atoms with Gasteiger partial charge in [0, 0.05) is 35.5 Å². The van der Waals surface area contributed by atoms with Crippen LogP contribution in [0.1, 0.15) is 17.9 Å². The highest BCUT2D eigenvalue weighted by Gasteiger charge is 2.47. The second-order valence-electron chi connectivity index (χ2n) is 6.04. The first-order chi connectivity index (χ1) is 10.8. The highest BCUT2D eigenvalue weighted by molar-refractivity contribution is 6.31. The molecule has 1 aromatic carbocycles. The molecule has 2 atom stereocenters.